The summed E-state index contributed by atoms with van der Waals surface area (Å²) < 4.78 is 4.29. The predicted octanol–water partition coefficient (Wildman–Crippen LogP) is 1.79. The van der Waals surface area contributed by atoms with E-state index in [1.165, 1.54) is 19.3 Å². The van der Waals surface area contributed by atoms with Gasteiger partial charge in [-0.2, -0.15) is 0 Å². The molecule has 0 radical (unpaired) electrons. The Hall–Kier alpha value is -1.69. The molecular formula is C14H20N6. The van der Waals surface area contributed by atoms with Crippen LogP contribution in [0.15, 0.2) is 18.6 Å². The third-order valence-electron chi connectivity index (χ3n) is 4.56. The monoisotopic (exact) mass is 272 g/mol. The van der Waals surface area contributed by atoms with Crippen LogP contribution in [-0.4, -0.2) is 37.6 Å². The minimum Gasteiger partial charge on any atom is -0.327 e. The number of imidazole rings is 1. The topological polar surface area (TPSA) is 60.6 Å². The Morgan fingerprint density at radius 3 is 2.70 bits per heavy atom. The summed E-state index contributed by atoms with van der Waals surface area (Å²) in [7, 11) is 0. The average Bonchev–Trinajstić information content (AvgIpc) is 3.06. The van der Waals surface area contributed by atoms with Gasteiger partial charge in [0.15, 0.2) is 5.82 Å². The summed E-state index contributed by atoms with van der Waals surface area (Å²) in [6, 6.07) is 1.08. The molecule has 2 aromatic rings. The van der Waals surface area contributed by atoms with Gasteiger partial charge in [-0.3, -0.25) is 0 Å². The van der Waals surface area contributed by atoms with E-state index in [2.05, 4.69) is 37.6 Å². The number of rotatable bonds is 3. The van der Waals surface area contributed by atoms with Gasteiger partial charge in [-0.1, -0.05) is 5.21 Å². The van der Waals surface area contributed by atoms with Gasteiger partial charge in [0.2, 0.25) is 0 Å². The van der Waals surface area contributed by atoms with E-state index in [1.54, 1.807) is 0 Å². The lowest BCUT2D eigenvalue weighted by Gasteiger charge is -2.27. The fourth-order valence-corrected chi connectivity index (χ4v) is 3.10. The van der Waals surface area contributed by atoms with Crippen LogP contribution in [0.2, 0.25) is 0 Å². The molecule has 1 saturated carbocycles. The lowest BCUT2D eigenvalue weighted by atomic mass is 9.93. The fraction of sp³-hybridized carbons (Fsp3) is 0.643. The Kier molecular flexibility index (Phi) is 3.03. The second-order valence-corrected chi connectivity index (χ2v) is 5.81. The van der Waals surface area contributed by atoms with Crippen molar-refractivity contribution in [1.82, 2.24) is 29.9 Å². The highest BCUT2D eigenvalue weighted by atomic mass is 15.4. The van der Waals surface area contributed by atoms with E-state index >= 15 is 0 Å². The first-order valence-electron chi connectivity index (χ1n) is 7.57. The maximum absolute atomic E-state index is 4.48. The van der Waals surface area contributed by atoms with Crippen LogP contribution in [-0.2, 0) is 0 Å². The molecule has 1 saturated heterocycles. The van der Waals surface area contributed by atoms with Crippen LogP contribution in [0.3, 0.4) is 0 Å². The zero-order valence-corrected chi connectivity index (χ0v) is 11.6. The van der Waals surface area contributed by atoms with Crippen LogP contribution in [0.4, 0.5) is 0 Å². The molecule has 0 spiro atoms. The first kappa shape index (κ1) is 12.1. The molecule has 0 aromatic carbocycles. The van der Waals surface area contributed by atoms with E-state index < -0.39 is 0 Å². The lowest BCUT2D eigenvalue weighted by Crippen LogP contribution is -2.29. The summed E-state index contributed by atoms with van der Waals surface area (Å²) in [5, 5.41) is 12.1. The fourth-order valence-electron chi connectivity index (χ4n) is 3.10. The standard InChI is InChI=1S/C14H20N6/c1-2-11(3-1)19-9-8-16-14(19)13-10-20(18-17-13)12-4-6-15-7-5-12/h8-12,15H,1-7H2. The van der Waals surface area contributed by atoms with Crippen molar-refractivity contribution >= 4 is 0 Å². The highest BCUT2D eigenvalue weighted by Crippen LogP contribution is 2.34. The van der Waals surface area contributed by atoms with Crippen molar-refractivity contribution in [3.8, 4) is 11.5 Å². The minimum absolute atomic E-state index is 0.476. The van der Waals surface area contributed by atoms with Gasteiger partial charge < -0.3 is 9.88 Å². The Balaban J connectivity index is 1.59. The van der Waals surface area contributed by atoms with Crippen molar-refractivity contribution in [2.24, 2.45) is 0 Å². The van der Waals surface area contributed by atoms with Crippen LogP contribution in [0.25, 0.3) is 11.5 Å². The highest BCUT2D eigenvalue weighted by Gasteiger charge is 2.24. The molecule has 2 fully saturated rings. The van der Waals surface area contributed by atoms with E-state index in [-0.39, 0.29) is 0 Å². The van der Waals surface area contributed by atoms with Crippen LogP contribution in [0.1, 0.15) is 44.2 Å². The average molecular weight is 272 g/mol. The Bertz CT molecular complexity index is 576. The number of hydrogen-bond acceptors (Lipinski definition) is 4. The minimum atomic E-state index is 0.476. The largest absolute Gasteiger partial charge is 0.327 e. The third kappa shape index (κ3) is 2.04. The van der Waals surface area contributed by atoms with Crippen molar-refractivity contribution in [3.05, 3.63) is 18.6 Å². The normalized spacial score (nSPS) is 21.0. The van der Waals surface area contributed by atoms with E-state index in [0.717, 1.165) is 37.4 Å². The lowest BCUT2D eigenvalue weighted by molar-refractivity contribution is 0.316. The predicted molar refractivity (Wildman–Crippen MR) is 75.3 cm³/mol. The zero-order chi connectivity index (χ0) is 13.4. The molecule has 1 N–H and O–H groups in total. The van der Waals surface area contributed by atoms with Gasteiger partial charge in [0.1, 0.15) is 5.69 Å². The van der Waals surface area contributed by atoms with Crippen molar-refractivity contribution in [2.75, 3.05) is 13.1 Å². The first-order valence-corrected chi connectivity index (χ1v) is 7.57. The molecule has 2 aromatic heterocycles. The molecule has 1 aliphatic heterocycles. The van der Waals surface area contributed by atoms with Gasteiger partial charge in [-0.25, -0.2) is 9.67 Å². The summed E-state index contributed by atoms with van der Waals surface area (Å²) in [5.74, 6) is 0.967. The molecule has 1 aliphatic carbocycles. The number of piperidine rings is 1. The van der Waals surface area contributed by atoms with Crippen LogP contribution >= 0.6 is 0 Å². The van der Waals surface area contributed by atoms with Gasteiger partial charge in [0.05, 0.1) is 12.2 Å². The Morgan fingerprint density at radius 1 is 1.10 bits per heavy atom. The van der Waals surface area contributed by atoms with E-state index in [9.17, 15) is 0 Å². The quantitative estimate of drug-likeness (QED) is 0.925. The number of nitrogens with zero attached hydrogens (tertiary/aromatic N) is 5. The van der Waals surface area contributed by atoms with Gasteiger partial charge in [0, 0.05) is 18.4 Å². The maximum Gasteiger partial charge on any atom is 0.162 e. The smallest absolute Gasteiger partial charge is 0.162 e. The summed E-state index contributed by atoms with van der Waals surface area (Å²) in [6.45, 7) is 2.13. The van der Waals surface area contributed by atoms with E-state index in [0.29, 0.717) is 12.1 Å². The first-order chi connectivity index (χ1) is 9.92. The summed E-state index contributed by atoms with van der Waals surface area (Å²) in [6.07, 6.45) is 12.1. The second kappa shape index (κ2) is 5.01. The molecule has 0 unspecified atom stereocenters. The second-order valence-electron chi connectivity index (χ2n) is 5.81. The Labute approximate surface area is 118 Å². The zero-order valence-electron chi connectivity index (χ0n) is 11.6. The third-order valence-corrected chi connectivity index (χ3v) is 4.56. The molecule has 4 rings (SSSR count). The molecular weight excluding hydrogens is 252 g/mol. The van der Waals surface area contributed by atoms with E-state index in [4.69, 9.17) is 0 Å². The molecule has 0 bridgehead atoms. The van der Waals surface area contributed by atoms with Crippen molar-refractivity contribution in [1.29, 1.82) is 0 Å². The number of nitrogens with one attached hydrogen (secondary N) is 1. The van der Waals surface area contributed by atoms with Crippen LogP contribution < -0.4 is 5.32 Å². The number of hydrogen-bond donors (Lipinski definition) is 1. The van der Waals surface area contributed by atoms with Gasteiger partial charge in [0.25, 0.3) is 0 Å². The molecule has 0 atom stereocenters. The SMILES string of the molecule is c1cn(C2CCC2)c(-c2cn(C3CCNCC3)nn2)n1. The molecule has 2 aliphatic rings. The van der Waals surface area contributed by atoms with Crippen LogP contribution in [0.5, 0.6) is 0 Å². The molecule has 6 nitrogen and oxygen atoms in total. The summed E-state index contributed by atoms with van der Waals surface area (Å²) in [4.78, 5) is 4.48. The Morgan fingerprint density at radius 2 is 1.95 bits per heavy atom. The summed E-state index contributed by atoms with van der Waals surface area (Å²) in [5.41, 5.74) is 0.903. The molecule has 106 valence electrons. The van der Waals surface area contributed by atoms with Gasteiger partial charge in [-0.15, -0.1) is 5.10 Å². The highest BCUT2D eigenvalue weighted by molar-refractivity contribution is 5.47. The van der Waals surface area contributed by atoms with Crippen molar-refractivity contribution in [3.63, 3.8) is 0 Å². The molecule has 6 heteroatoms. The van der Waals surface area contributed by atoms with Crippen molar-refractivity contribution < 1.29 is 0 Å². The van der Waals surface area contributed by atoms with Gasteiger partial charge in [-0.05, 0) is 45.2 Å². The molecule has 3 heterocycles. The molecule has 20 heavy (non-hydrogen) atoms. The maximum atomic E-state index is 4.48. The molecule has 0 amide bonds. The number of aromatic nitrogens is 5. The van der Waals surface area contributed by atoms with E-state index in [1.807, 2.05) is 10.9 Å². The van der Waals surface area contributed by atoms with Crippen molar-refractivity contribution in [2.45, 2.75) is 44.2 Å². The van der Waals surface area contributed by atoms with Crippen LogP contribution in [0, 0.1) is 0 Å². The summed E-state index contributed by atoms with van der Waals surface area (Å²) >= 11 is 0. The van der Waals surface area contributed by atoms with Gasteiger partial charge >= 0.3 is 0 Å².